The fraction of sp³-hybridized carbons (Fsp3) is 0.500. The number of allylic oxidation sites excluding steroid dienone is 3. The van der Waals surface area contributed by atoms with Gasteiger partial charge in [0.15, 0.2) is 0 Å². The van der Waals surface area contributed by atoms with Gasteiger partial charge in [-0.25, -0.2) is 4.98 Å². The molecule has 1 aromatic carbocycles. The second kappa shape index (κ2) is 15.7. The van der Waals surface area contributed by atoms with Crippen molar-refractivity contribution in [3.05, 3.63) is 64.5 Å². The Morgan fingerprint density at radius 3 is 2.49 bits per heavy atom. The van der Waals surface area contributed by atoms with E-state index in [4.69, 9.17) is 9.72 Å². The van der Waals surface area contributed by atoms with Crippen LogP contribution < -0.4 is 20.9 Å². The monoisotopic (exact) mass is 588 g/mol. The Morgan fingerprint density at radius 2 is 1.84 bits per heavy atom. The van der Waals surface area contributed by atoms with Crippen molar-refractivity contribution in [2.75, 3.05) is 63.2 Å². The molecule has 2 aliphatic rings. The lowest BCUT2D eigenvalue weighted by molar-refractivity contribution is -0.108. The summed E-state index contributed by atoms with van der Waals surface area (Å²) >= 11 is 0. The summed E-state index contributed by atoms with van der Waals surface area (Å²) in [7, 11) is 2.15. The maximum atomic E-state index is 13.7. The van der Waals surface area contributed by atoms with Gasteiger partial charge in [-0.1, -0.05) is 18.9 Å². The number of nitrogens with one attached hydrogen (secondary N) is 3. The van der Waals surface area contributed by atoms with Gasteiger partial charge in [0, 0.05) is 80.7 Å². The van der Waals surface area contributed by atoms with Crippen LogP contribution >= 0.6 is 0 Å². The molecule has 3 heterocycles. The highest BCUT2D eigenvalue weighted by atomic mass is 16.5. The van der Waals surface area contributed by atoms with Crippen molar-refractivity contribution in [3.63, 3.8) is 0 Å². The van der Waals surface area contributed by atoms with E-state index in [-0.39, 0.29) is 5.91 Å². The SMILES string of the molecule is CCCC(/C=C(/C)NC=O)=C(/C)CNC(=O)c1cc(-c2ccc(N3CCN(C)CC3)nc2)cc(NC2CCOCC2)c1C. The average molecular weight is 589 g/mol. The number of nitrogens with zero attached hydrogens (tertiary/aromatic N) is 3. The largest absolute Gasteiger partial charge is 0.382 e. The second-order valence-electron chi connectivity index (χ2n) is 11.8. The molecule has 0 aliphatic carbocycles. The molecular weight excluding hydrogens is 540 g/mol. The van der Waals surface area contributed by atoms with Crippen LogP contribution in [-0.2, 0) is 9.53 Å². The summed E-state index contributed by atoms with van der Waals surface area (Å²) in [6, 6.07) is 8.62. The molecule has 2 fully saturated rings. The Bertz CT molecular complexity index is 1310. The Balaban J connectivity index is 1.60. The van der Waals surface area contributed by atoms with E-state index in [2.05, 4.69) is 57.9 Å². The van der Waals surface area contributed by atoms with Crippen molar-refractivity contribution >= 4 is 23.8 Å². The van der Waals surface area contributed by atoms with Crippen molar-refractivity contribution in [1.82, 2.24) is 20.5 Å². The summed E-state index contributed by atoms with van der Waals surface area (Å²) in [6.07, 6.45) is 8.29. The molecule has 2 aromatic rings. The molecule has 232 valence electrons. The zero-order valence-corrected chi connectivity index (χ0v) is 26.5. The van der Waals surface area contributed by atoms with E-state index >= 15 is 0 Å². The Hall–Kier alpha value is -3.69. The molecule has 0 radical (unpaired) electrons. The first kappa shape index (κ1) is 32.2. The average Bonchev–Trinajstić information content (AvgIpc) is 3.01. The van der Waals surface area contributed by atoms with Crippen LogP contribution in [0.3, 0.4) is 0 Å². The predicted molar refractivity (Wildman–Crippen MR) is 174 cm³/mol. The smallest absolute Gasteiger partial charge is 0.251 e. The van der Waals surface area contributed by atoms with Crippen LogP contribution in [0, 0.1) is 6.92 Å². The van der Waals surface area contributed by atoms with Crippen LogP contribution in [0.4, 0.5) is 11.5 Å². The number of piperazine rings is 1. The molecule has 1 aromatic heterocycles. The van der Waals surface area contributed by atoms with Gasteiger partial charge < -0.3 is 30.5 Å². The number of pyridine rings is 1. The van der Waals surface area contributed by atoms with Gasteiger partial charge in [0.25, 0.3) is 5.91 Å². The molecule has 0 unspecified atom stereocenters. The van der Waals surface area contributed by atoms with Crippen molar-refractivity contribution < 1.29 is 14.3 Å². The fourth-order valence-corrected chi connectivity index (χ4v) is 5.60. The van der Waals surface area contributed by atoms with Gasteiger partial charge in [-0.05, 0) is 94.1 Å². The van der Waals surface area contributed by atoms with E-state index < -0.39 is 0 Å². The summed E-state index contributed by atoms with van der Waals surface area (Å²) in [6.45, 7) is 13.9. The number of hydrogen-bond donors (Lipinski definition) is 3. The third kappa shape index (κ3) is 8.91. The van der Waals surface area contributed by atoms with Crippen LogP contribution in [0.5, 0.6) is 0 Å². The van der Waals surface area contributed by atoms with Crippen LogP contribution in [0.2, 0.25) is 0 Å². The molecule has 9 nitrogen and oxygen atoms in total. The lowest BCUT2D eigenvalue weighted by Gasteiger charge is -2.33. The van der Waals surface area contributed by atoms with E-state index in [1.807, 2.05) is 39.1 Å². The molecule has 0 bridgehead atoms. The van der Waals surface area contributed by atoms with Crippen molar-refractivity contribution in [2.24, 2.45) is 0 Å². The number of aromatic nitrogens is 1. The summed E-state index contributed by atoms with van der Waals surface area (Å²) < 4.78 is 5.57. The maximum absolute atomic E-state index is 13.7. The number of benzene rings is 1. The standard InChI is InChI=1S/C34H48N6O3/c1-6-7-27(18-25(3)37-23-41)24(2)21-36-34(42)31-19-29(20-32(26(31)4)38-30-10-16-43-17-11-30)28-8-9-33(35-22-28)40-14-12-39(5)13-15-40/h8-9,18-20,22-23,30,38H,6-7,10-17,21H2,1-5H3,(H,36,42)(H,37,41)/b25-18-,27-24+. The first-order valence-corrected chi connectivity index (χ1v) is 15.5. The fourth-order valence-electron chi connectivity index (χ4n) is 5.60. The van der Waals surface area contributed by atoms with Gasteiger partial charge >= 0.3 is 0 Å². The Kier molecular flexibility index (Phi) is 11.8. The highest BCUT2D eigenvalue weighted by Gasteiger charge is 2.20. The molecule has 0 saturated carbocycles. The van der Waals surface area contributed by atoms with Crippen LogP contribution in [-0.4, -0.2) is 81.2 Å². The molecule has 0 spiro atoms. The number of rotatable bonds is 12. The van der Waals surface area contributed by atoms with Crippen molar-refractivity contribution in [1.29, 1.82) is 0 Å². The number of ether oxygens (including phenoxy) is 1. The molecule has 2 amide bonds. The molecular formula is C34H48N6O3. The zero-order valence-electron chi connectivity index (χ0n) is 26.5. The summed E-state index contributed by atoms with van der Waals surface area (Å²) in [5.41, 5.74) is 7.45. The number of carbonyl (C=O) groups is 2. The van der Waals surface area contributed by atoms with Crippen LogP contribution in [0.25, 0.3) is 11.1 Å². The number of anilines is 2. The first-order valence-electron chi connectivity index (χ1n) is 15.5. The number of carbonyl (C=O) groups excluding carboxylic acids is 2. The molecule has 2 aliphatic heterocycles. The number of hydrogen-bond acceptors (Lipinski definition) is 7. The van der Waals surface area contributed by atoms with Gasteiger partial charge in [0.2, 0.25) is 6.41 Å². The number of amides is 2. The molecule has 0 atom stereocenters. The minimum atomic E-state index is -0.113. The lowest BCUT2D eigenvalue weighted by Crippen LogP contribution is -2.44. The minimum absolute atomic E-state index is 0.113. The van der Waals surface area contributed by atoms with Crippen LogP contribution in [0.15, 0.2) is 53.4 Å². The van der Waals surface area contributed by atoms with Crippen LogP contribution in [0.1, 0.15) is 62.4 Å². The van der Waals surface area contributed by atoms with Gasteiger partial charge in [-0.15, -0.1) is 0 Å². The van der Waals surface area contributed by atoms with E-state index in [1.165, 1.54) is 0 Å². The molecule has 4 rings (SSSR count). The zero-order chi connectivity index (χ0) is 30.8. The van der Waals surface area contributed by atoms with E-state index in [9.17, 15) is 9.59 Å². The van der Waals surface area contributed by atoms with Gasteiger partial charge in [0.1, 0.15) is 5.82 Å². The predicted octanol–water partition coefficient (Wildman–Crippen LogP) is 4.90. The summed E-state index contributed by atoms with van der Waals surface area (Å²) in [5, 5.41) is 9.58. The summed E-state index contributed by atoms with van der Waals surface area (Å²) in [4.78, 5) is 34.0. The third-order valence-corrected chi connectivity index (χ3v) is 8.40. The van der Waals surface area contributed by atoms with Crippen molar-refractivity contribution in [3.8, 4) is 11.1 Å². The molecule has 3 N–H and O–H groups in total. The molecule has 43 heavy (non-hydrogen) atoms. The normalized spacial score (nSPS) is 17.3. The topological polar surface area (TPSA) is 98.8 Å². The number of likely N-dealkylation sites (N-methyl/N-ethyl adjacent to an activating group) is 1. The van der Waals surface area contributed by atoms with Gasteiger partial charge in [-0.2, -0.15) is 0 Å². The highest BCUT2D eigenvalue weighted by molar-refractivity contribution is 5.99. The third-order valence-electron chi connectivity index (χ3n) is 8.40. The van der Waals surface area contributed by atoms with E-state index in [0.29, 0.717) is 24.6 Å². The summed E-state index contributed by atoms with van der Waals surface area (Å²) in [5.74, 6) is 0.874. The molecule has 2 saturated heterocycles. The highest BCUT2D eigenvalue weighted by Crippen LogP contribution is 2.31. The quantitative estimate of drug-likeness (QED) is 0.240. The van der Waals surface area contributed by atoms with E-state index in [0.717, 1.165) is 110 Å². The first-order chi connectivity index (χ1) is 20.8. The maximum Gasteiger partial charge on any atom is 0.251 e. The van der Waals surface area contributed by atoms with E-state index in [1.54, 1.807) is 0 Å². The van der Waals surface area contributed by atoms with Gasteiger partial charge in [0.05, 0.1) is 0 Å². The molecule has 9 heteroatoms. The second-order valence-corrected chi connectivity index (χ2v) is 11.8. The Labute approximate surface area is 256 Å². The van der Waals surface area contributed by atoms with Crippen molar-refractivity contribution in [2.45, 2.75) is 59.4 Å². The Morgan fingerprint density at radius 1 is 1.09 bits per heavy atom. The minimum Gasteiger partial charge on any atom is -0.382 e. The lowest BCUT2D eigenvalue weighted by atomic mass is 9.97. The van der Waals surface area contributed by atoms with Gasteiger partial charge in [-0.3, -0.25) is 9.59 Å².